The lowest BCUT2D eigenvalue weighted by Crippen LogP contribution is -2.43. The van der Waals surface area contributed by atoms with Gasteiger partial charge in [-0.15, -0.1) is 0 Å². The van der Waals surface area contributed by atoms with Crippen LogP contribution in [0.25, 0.3) is 0 Å². The molecule has 1 aliphatic rings. The van der Waals surface area contributed by atoms with Gasteiger partial charge in [-0.3, -0.25) is 9.59 Å². The van der Waals surface area contributed by atoms with E-state index < -0.39 is 17.4 Å². The fourth-order valence-corrected chi connectivity index (χ4v) is 2.72. The summed E-state index contributed by atoms with van der Waals surface area (Å²) in [5.41, 5.74) is -1.43. The summed E-state index contributed by atoms with van der Waals surface area (Å²) in [4.78, 5) is 23.9. The zero-order valence-corrected chi connectivity index (χ0v) is 12.0. The molecule has 2 atom stereocenters. The first-order chi connectivity index (χ1) is 8.92. The lowest BCUT2D eigenvalue weighted by Gasteiger charge is -2.30. The molecule has 0 amide bonds. The molecule has 5 heteroatoms. The molecule has 1 heterocycles. The topological polar surface area (TPSA) is 72.8 Å². The molecule has 0 saturated carbocycles. The third-order valence-electron chi connectivity index (χ3n) is 3.49. The van der Waals surface area contributed by atoms with Gasteiger partial charge in [0.2, 0.25) is 0 Å². The van der Waals surface area contributed by atoms with Gasteiger partial charge in [-0.2, -0.15) is 0 Å². The molecular formula is C14H24O5. The van der Waals surface area contributed by atoms with Crippen LogP contribution in [0.15, 0.2) is 0 Å². The smallest absolute Gasteiger partial charge is 0.323 e. The average Bonchev–Trinajstić information content (AvgIpc) is 2.80. The second-order valence-corrected chi connectivity index (χ2v) is 5.64. The molecule has 1 rings (SSSR count). The molecule has 0 aromatic carbocycles. The number of esters is 1. The quantitative estimate of drug-likeness (QED) is 0.567. The minimum atomic E-state index is -1.43. The molecule has 5 nitrogen and oxygen atoms in total. The number of ether oxygens (including phenoxy) is 2. The van der Waals surface area contributed by atoms with Gasteiger partial charge in [0.25, 0.3) is 0 Å². The van der Waals surface area contributed by atoms with Gasteiger partial charge in [0.1, 0.15) is 0 Å². The molecular weight excluding hydrogens is 248 g/mol. The first-order valence-corrected chi connectivity index (χ1v) is 6.90. The molecule has 0 bridgehead atoms. The summed E-state index contributed by atoms with van der Waals surface area (Å²) in [6.07, 6.45) is 1.42. The lowest BCUT2D eigenvalue weighted by molar-refractivity contribution is -0.171. The summed E-state index contributed by atoms with van der Waals surface area (Å²) in [6.45, 7) is 6.91. The van der Waals surface area contributed by atoms with Gasteiger partial charge >= 0.3 is 11.9 Å². The van der Waals surface area contributed by atoms with Crippen molar-refractivity contribution in [3.63, 3.8) is 0 Å². The van der Waals surface area contributed by atoms with Crippen LogP contribution in [0.1, 0.15) is 40.0 Å². The van der Waals surface area contributed by atoms with Gasteiger partial charge in [0.05, 0.1) is 6.61 Å². The number of carboxylic acid groups (broad SMARTS) is 1. The van der Waals surface area contributed by atoms with Crippen molar-refractivity contribution in [1.82, 2.24) is 0 Å². The Morgan fingerprint density at radius 3 is 2.58 bits per heavy atom. The van der Waals surface area contributed by atoms with Gasteiger partial charge in [0, 0.05) is 13.2 Å². The van der Waals surface area contributed by atoms with Gasteiger partial charge in [-0.25, -0.2) is 0 Å². The number of hydrogen-bond donors (Lipinski definition) is 1. The number of carboxylic acids is 1. The van der Waals surface area contributed by atoms with E-state index in [1.54, 1.807) is 6.92 Å². The number of rotatable bonds is 7. The van der Waals surface area contributed by atoms with E-state index >= 15 is 0 Å². The summed E-state index contributed by atoms with van der Waals surface area (Å²) in [7, 11) is 0. The minimum Gasteiger partial charge on any atom is -0.480 e. The Morgan fingerprint density at radius 1 is 1.47 bits per heavy atom. The van der Waals surface area contributed by atoms with Crippen molar-refractivity contribution in [3.05, 3.63) is 0 Å². The van der Waals surface area contributed by atoms with Crippen LogP contribution < -0.4 is 0 Å². The summed E-state index contributed by atoms with van der Waals surface area (Å²) >= 11 is 0. The number of carbonyl (C=O) groups excluding carboxylic acids is 1. The largest absolute Gasteiger partial charge is 0.480 e. The number of hydrogen-bond acceptors (Lipinski definition) is 4. The zero-order chi connectivity index (χ0) is 14.5. The van der Waals surface area contributed by atoms with Crippen LogP contribution in [0.4, 0.5) is 0 Å². The second-order valence-electron chi connectivity index (χ2n) is 5.64. The Kier molecular flexibility index (Phi) is 5.79. The van der Waals surface area contributed by atoms with Crippen LogP contribution in [0.2, 0.25) is 0 Å². The molecule has 0 radical (unpaired) electrons. The molecule has 19 heavy (non-hydrogen) atoms. The molecule has 110 valence electrons. The van der Waals surface area contributed by atoms with Crippen molar-refractivity contribution in [2.24, 2.45) is 17.3 Å². The fraction of sp³-hybridized carbons (Fsp3) is 0.857. The van der Waals surface area contributed by atoms with Crippen LogP contribution in [0.3, 0.4) is 0 Å². The van der Waals surface area contributed by atoms with Crippen molar-refractivity contribution in [2.75, 3.05) is 19.8 Å². The molecule has 1 N–H and O–H groups in total. The maximum atomic E-state index is 12.2. The standard InChI is InChI=1S/C14H24O5/c1-4-19-13(17)14(12(15)16,7-10(2)3)8-11-5-6-18-9-11/h10-11H,4-9H2,1-3H3,(H,15,16). The minimum absolute atomic E-state index is 0.114. The fourth-order valence-electron chi connectivity index (χ4n) is 2.72. The van der Waals surface area contributed by atoms with Gasteiger partial charge in [-0.05, 0) is 38.0 Å². The van der Waals surface area contributed by atoms with Crippen LogP contribution in [-0.2, 0) is 19.1 Å². The summed E-state index contributed by atoms with van der Waals surface area (Å²) in [6, 6.07) is 0. The van der Waals surface area contributed by atoms with Crippen molar-refractivity contribution >= 4 is 11.9 Å². The Bertz CT molecular complexity index is 320. The van der Waals surface area contributed by atoms with E-state index in [4.69, 9.17) is 9.47 Å². The first-order valence-electron chi connectivity index (χ1n) is 6.90. The molecule has 1 fully saturated rings. The maximum Gasteiger partial charge on any atom is 0.323 e. The predicted molar refractivity (Wildman–Crippen MR) is 69.7 cm³/mol. The zero-order valence-electron chi connectivity index (χ0n) is 12.0. The van der Waals surface area contributed by atoms with Crippen molar-refractivity contribution in [2.45, 2.75) is 40.0 Å². The lowest BCUT2D eigenvalue weighted by atomic mass is 9.73. The Balaban J connectivity index is 2.95. The molecule has 1 saturated heterocycles. The highest BCUT2D eigenvalue weighted by molar-refractivity contribution is 5.99. The summed E-state index contributed by atoms with van der Waals surface area (Å²) in [5, 5.41) is 9.59. The van der Waals surface area contributed by atoms with E-state index in [1.807, 2.05) is 13.8 Å². The third-order valence-corrected chi connectivity index (χ3v) is 3.49. The summed E-state index contributed by atoms with van der Waals surface area (Å²) in [5.74, 6) is -1.45. The monoisotopic (exact) mass is 272 g/mol. The highest BCUT2D eigenvalue weighted by Crippen LogP contribution is 2.38. The second kappa shape index (κ2) is 6.89. The third kappa shape index (κ3) is 3.93. The van der Waals surface area contributed by atoms with E-state index in [-0.39, 0.29) is 18.4 Å². The molecule has 2 unspecified atom stereocenters. The SMILES string of the molecule is CCOC(=O)C(CC(C)C)(CC1CCOC1)C(=O)O. The van der Waals surface area contributed by atoms with Gasteiger partial charge in [-0.1, -0.05) is 13.8 Å². The van der Waals surface area contributed by atoms with Crippen LogP contribution in [-0.4, -0.2) is 36.9 Å². The Labute approximate surface area is 114 Å². The average molecular weight is 272 g/mol. The Morgan fingerprint density at radius 2 is 2.16 bits per heavy atom. The van der Waals surface area contributed by atoms with Crippen molar-refractivity contribution in [1.29, 1.82) is 0 Å². The first kappa shape index (κ1) is 16.0. The highest BCUT2D eigenvalue weighted by atomic mass is 16.5. The summed E-state index contributed by atoms with van der Waals surface area (Å²) < 4.78 is 10.3. The van der Waals surface area contributed by atoms with Crippen molar-refractivity contribution in [3.8, 4) is 0 Å². The van der Waals surface area contributed by atoms with Gasteiger partial charge in [0.15, 0.2) is 5.41 Å². The molecule has 0 aromatic rings. The van der Waals surface area contributed by atoms with Crippen LogP contribution >= 0.6 is 0 Å². The highest BCUT2D eigenvalue weighted by Gasteiger charge is 2.49. The van der Waals surface area contributed by atoms with Crippen LogP contribution in [0.5, 0.6) is 0 Å². The molecule has 0 aliphatic carbocycles. The van der Waals surface area contributed by atoms with E-state index in [2.05, 4.69) is 0 Å². The molecule has 0 aromatic heterocycles. The normalized spacial score (nSPS) is 22.2. The van der Waals surface area contributed by atoms with E-state index in [1.165, 1.54) is 0 Å². The number of aliphatic carboxylic acids is 1. The molecule has 0 spiro atoms. The van der Waals surface area contributed by atoms with Crippen LogP contribution in [0, 0.1) is 17.3 Å². The van der Waals surface area contributed by atoms with Gasteiger partial charge < -0.3 is 14.6 Å². The van der Waals surface area contributed by atoms with E-state index in [9.17, 15) is 14.7 Å². The van der Waals surface area contributed by atoms with Crippen molar-refractivity contribution < 1.29 is 24.2 Å². The van der Waals surface area contributed by atoms with E-state index in [0.717, 1.165) is 6.42 Å². The Hall–Kier alpha value is -1.10. The maximum absolute atomic E-state index is 12.2. The molecule has 1 aliphatic heterocycles. The predicted octanol–water partition coefficient (Wildman–Crippen LogP) is 2.09. The number of carbonyl (C=O) groups is 2. The van der Waals surface area contributed by atoms with E-state index in [0.29, 0.717) is 26.1 Å².